The molecule has 4 nitrogen and oxygen atoms in total. The first kappa shape index (κ1) is 14.5. The lowest BCUT2D eigenvalue weighted by molar-refractivity contribution is -0.117. The number of thiazole rings is 1. The van der Waals surface area contributed by atoms with E-state index >= 15 is 0 Å². The SMILES string of the molecule is CC(CC(=O)Nc1ccc2ncsc2c1)C1CCCNC1. The minimum atomic E-state index is 0.108. The van der Waals surface area contributed by atoms with Crippen molar-refractivity contribution in [3.05, 3.63) is 23.7 Å². The highest BCUT2D eigenvalue weighted by atomic mass is 32.1. The molecule has 2 unspecified atom stereocenters. The van der Waals surface area contributed by atoms with E-state index in [1.165, 1.54) is 12.8 Å². The zero-order chi connectivity index (χ0) is 14.7. The third-order valence-corrected chi connectivity index (χ3v) is 5.05. The minimum absolute atomic E-state index is 0.108. The van der Waals surface area contributed by atoms with Gasteiger partial charge in [-0.25, -0.2) is 4.98 Å². The van der Waals surface area contributed by atoms with E-state index in [1.54, 1.807) is 11.3 Å². The van der Waals surface area contributed by atoms with Crippen molar-refractivity contribution in [2.24, 2.45) is 11.8 Å². The lowest BCUT2D eigenvalue weighted by atomic mass is 9.85. The number of amides is 1. The van der Waals surface area contributed by atoms with E-state index in [-0.39, 0.29) is 5.91 Å². The van der Waals surface area contributed by atoms with Crippen LogP contribution in [0.15, 0.2) is 23.7 Å². The van der Waals surface area contributed by atoms with Gasteiger partial charge in [0, 0.05) is 12.1 Å². The van der Waals surface area contributed by atoms with Gasteiger partial charge in [-0.3, -0.25) is 4.79 Å². The second kappa shape index (κ2) is 6.54. The number of aromatic nitrogens is 1. The van der Waals surface area contributed by atoms with E-state index < -0.39 is 0 Å². The zero-order valence-corrected chi connectivity index (χ0v) is 13.1. The van der Waals surface area contributed by atoms with Crippen molar-refractivity contribution in [3.63, 3.8) is 0 Å². The lowest BCUT2D eigenvalue weighted by Crippen LogP contribution is -2.34. The molecule has 1 amide bonds. The van der Waals surface area contributed by atoms with Crippen LogP contribution < -0.4 is 10.6 Å². The fourth-order valence-electron chi connectivity index (χ4n) is 2.97. The number of hydrogen-bond acceptors (Lipinski definition) is 4. The Kier molecular flexibility index (Phi) is 4.51. The molecule has 3 rings (SSSR count). The monoisotopic (exact) mass is 303 g/mol. The Bertz CT molecular complexity index is 619. The number of fused-ring (bicyclic) bond motifs is 1. The number of carbonyl (C=O) groups is 1. The Morgan fingerprint density at radius 1 is 1.57 bits per heavy atom. The van der Waals surface area contributed by atoms with E-state index in [1.807, 2.05) is 23.7 Å². The van der Waals surface area contributed by atoms with Gasteiger partial charge in [0.05, 0.1) is 15.7 Å². The number of carbonyl (C=O) groups excluding carboxylic acids is 1. The highest BCUT2D eigenvalue weighted by Crippen LogP contribution is 2.24. The summed E-state index contributed by atoms with van der Waals surface area (Å²) in [6.45, 7) is 4.34. The first-order chi connectivity index (χ1) is 10.2. The second-order valence-corrected chi connectivity index (χ2v) is 6.76. The fourth-order valence-corrected chi connectivity index (χ4v) is 3.68. The third-order valence-electron chi connectivity index (χ3n) is 4.26. The van der Waals surface area contributed by atoms with Crippen LogP contribution in [0, 0.1) is 11.8 Å². The molecule has 0 bridgehead atoms. The first-order valence-corrected chi connectivity index (χ1v) is 8.44. The Morgan fingerprint density at radius 2 is 2.48 bits per heavy atom. The van der Waals surface area contributed by atoms with Gasteiger partial charge in [0.25, 0.3) is 0 Å². The Labute approximate surface area is 129 Å². The van der Waals surface area contributed by atoms with Gasteiger partial charge in [0.2, 0.25) is 5.91 Å². The molecule has 1 aromatic heterocycles. The molecule has 2 N–H and O–H groups in total. The van der Waals surface area contributed by atoms with Crippen LogP contribution in [0.3, 0.4) is 0 Å². The van der Waals surface area contributed by atoms with Crippen LogP contribution in [0.5, 0.6) is 0 Å². The highest BCUT2D eigenvalue weighted by Gasteiger charge is 2.22. The largest absolute Gasteiger partial charge is 0.326 e. The maximum absolute atomic E-state index is 12.2. The normalized spacial score (nSPS) is 20.3. The molecule has 2 aromatic rings. The fraction of sp³-hybridized carbons (Fsp3) is 0.500. The van der Waals surface area contributed by atoms with E-state index in [9.17, 15) is 4.79 Å². The number of anilines is 1. The number of nitrogens with zero attached hydrogens (tertiary/aromatic N) is 1. The van der Waals surface area contributed by atoms with Gasteiger partial charge in [-0.2, -0.15) is 0 Å². The number of hydrogen-bond donors (Lipinski definition) is 2. The van der Waals surface area contributed by atoms with E-state index in [2.05, 4.69) is 22.5 Å². The molecule has 0 saturated carbocycles. The van der Waals surface area contributed by atoms with Gasteiger partial charge in [-0.1, -0.05) is 6.92 Å². The Morgan fingerprint density at radius 3 is 3.29 bits per heavy atom. The van der Waals surface area contributed by atoms with Crippen LogP contribution in [0.4, 0.5) is 5.69 Å². The predicted octanol–water partition coefficient (Wildman–Crippen LogP) is 3.26. The van der Waals surface area contributed by atoms with Gasteiger partial charge >= 0.3 is 0 Å². The molecule has 5 heteroatoms. The van der Waals surface area contributed by atoms with Crippen LogP contribution in [0.2, 0.25) is 0 Å². The van der Waals surface area contributed by atoms with Gasteiger partial charge in [-0.15, -0.1) is 11.3 Å². The smallest absolute Gasteiger partial charge is 0.224 e. The van der Waals surface area contributed by atoms with Crippen molar-refractivity contribution in [3.8, 4) is 0 Å². The van der Waals surface area contributed by atoms with Crippen LogP contribution in [0.25, 0.3) is 10.2 Å². The van der Waals surface area contributed by atoms with E-state index in [4.69, 9.17) is 0 Å². The number of benzene rings is 1. The third kappa shape index (κ3) is 3.60. The summed E-state index contributed by atoms with van der Waals surface area (Å²) in [7, 11) is 0. The molecule has 1 aliphatic rings. The molecule has 1 saturated heterocycles. The molecule has 0 radical (unpaired) electrons. The van der Waals surface area contributed by atoms with E-state index in [0.717, 1.165) is 29.0 Å². The molecular formula is C16H21N3OS. The van der Waals surface area contributed by atoms with Gasteiger partial charge in [0.1, 0.15) is 0 Å². The van der Waals surface area contributed by atoms with Crippen LogP contribution in [-0.2, 0) is 4.79 Å². The molecule has 112 valence electrons. The van der Waals surface area contributed by atoms with Gasteiger partial charge < -0.3 is 10.6 Å². The van der Waals surface area contributed by atoms with Gasteiger partial charge in [0.15, 0.2) is 0 Å². The number of nitrogens with one attached hydrogen (secondary N) is 2. The molecule has 2 heterocycles. The maximum Gasteiger partial charge on any atom is 0.224 e. The Balaban J connectivity index is 1.57. The van der Waals surface area contributed by atoms with Gasteiger partial charge in [-0.05, 0) is 56.0 Å². The second-order valence-electron chi connectivity index (χ2n) is 5.87. The maximum atomic E-state index is 12.2. The molecule has 0 spiro atoms. The molecule has 2 atom stereocenters. The summed E-state index contributed by atoms with van der Waals surface area (Å²) in [5.74, 6) is 1.15. The zero-order valence-electron chi connectivity index (χ0n) is 12.3. The van der Waals surface area contributed by atoms with Crippen molar-refractivity contribution >= 4 is 33.1 Å². The summed E-state index contributed by atoms with van der Waals surface area (Å²) in [5.41, 5.74) is 3.68. The number of piperidine rings is 1. The highest BCUT2D eigenvalue weighted by molar-refractivity contribution is 7.16. The molecule has 21 heavy (non-hydrogen) atoms. The summed E-state index contributed by atoms with van der Waals surface area (Å²) >= 11 is 1.59. The summed E-state index contributed by atoms with van der Waals surface area (Å²) in [4.78, 5) is 16.4. The minimum Gasteiger partial charge on any atom is -0.326 e. The quantitative estimate of drug-likeness (QED) is 0.911. The first-order valence-electron chi connectivity index (χ1n) is 7.56. The predicted molar refractivity (Wildman–Crippen MR) is 87.6 cm³/mol. The van der Waals surface area contributed by atoms with Crippen molar-refractivity contribution < 1.29 is 4.79 Å². The molecule has 0 aliphatic carbocycles. The summed E-state index contributed by atoms with van der Waals surface area (Å²) in [6.07, 6.45) is 3.04. The van der Waals surface area contributed by atoms with Crippen molar-refractivity contribution in [1.82, 2.24) is 10.3 Å². The van der Waals surface area contributed by atoms with Crippen molar-refractivity contribution in [2.45, 2.75) is 26.2 Å². The lowest BCUT2D eigenvalue weighted by Gasteiger charge is -2.28. The summed E-state index contributed by atoms with van der Waals surface area (Å²) < 4.78 is 1.11. The standard InChI is InChI=1S/C16H21N3OS/c1-11(12-3-2-6-17-9-12)7-16(20)19-13-4-5-14-15(8-13)21-10-18-14/h4-5,8,10-12,17H,2-3,6-7,9H2,1H3,(H,19,20). The Hall–Kier alpha value is -1.46. The number of rotatable bonds is 4. The van der Waals surface area contributed by atoms with Crippen LogP contribution >= 0.6 is 11.3 Å². The van der Waals surface area contributed by atoms with E-state index in [0.29, 0.717) is 18.3 Å². The molecule has 1 aromatic carbocycles. The van der Waals surface area contributed by atoms with Crippen molar-refractivity contribution in [2.75, 3.05) is 18.4 Å². The van der Waals surface area contributed by atoms with Crippen LogP contribution in [0.1, 0.15) is 26.2 Å². The molecular weight excluding hydrogens is 282 g/mol. The summed E-state index contributed by atoms with van der Waals surface area (Å²) in [5, 5.41) is 6.43. The van der Waals surface area contributed by atoms with Crippen LogP contribution in [-0.4, -0.2) is 24.0 Å². The van der Waals surface area contributed by atoms with Crippen molar-refractivity contribution in [1.29, 1.82) is 0 Å². The average molecular weight is 303 g/mol. The summed E-state index contributed by atoms with van der Waals surface area (Å²) in [6, 6.07) is 5.88. The molecule has 1 fully saturated rings. The topological polar surface area (TPSA) is 54.0 Å². The molecule has 1 aliphatic heterocycles. The average Bonchev–Trinajstić information content (AvgIpc) is 2.95.